The molecule has 270 valence electrons. The number of carbonyl (C=O) groups excluding carboxylic acids is 3. The summed E-state index contributed by atoms with van der Waals surface area (Å²) in [6, 6.07) is 13.8. The van der Waals surface area contributed by atoms with Crippen LogP contribution in [0.2, 0.25) is 0 Å². The van der Waals surface area contributed by atoms with Gasteiger partial charge in [0.1, 0.15) is 24.3 Å². The van der Waals surface area contributed by atoms with Gasteiger partial charge in [-0.3, -0.25) is 13.8 Å². The van der Waals surface area contributed by atoms with Crippen molar-refractivity contribution in [2.75, 3.05) is 48.4 Å². The van der Waals surface area contributed by atoms with Crippen LogP contribution in [0.25, 0.3) is 0 Å². The standard InChI is InChI=1S/C33H47Br2F2N4O6.BrH/c1-32(2,3)47-31(44)39-26(19-24-16-12-9-13-17-24)30(43)46-33(34,35)28(41(6,7)22-37)27(40(4,5)21-36)20-45-29(42)25(38)18-23-14-10-8-11-15-23;/h8-17,25-28H,18-22,38H2,1-7H3;1H/q+1;/p+1/t25-,26-,27?,28?;/m0./s1. The Morgan fingerprint density at radius 3 is 1.75 bits per heavy atom. The number of nitrogens with two attached hydrogens (primary N) is 1. The third kappa shape index (κ3) is 13.6. The summed E-state index contributed by atoms with van der Waals surface area (Å²) >= 11 is 6.89. The van der Waals surface area contributed by atoms with Gasteiger partial charge in [-0.05, 0) is 70.2 Å². The zero-order valence-electron chi connectivity index (χ0n) is 28.5. The number of likely N-dealkylation sites (N-methyl/N-ethyl adjacent to an activating group) is 2. The van der Waals surface area contributed by atoms with Gasteiger partial charge in [0.25, 0.3) is 3.42 Å². The molecule has 0 aliphatic rings. The fourth-order valence-corrected chi connectivity index (χ4v) is 6.96. The number of carbonyl (C=O) groups is 3. The van der Waals surface area contributed by atoms with Crippen LogP contribution < -0.4 is 11.1 Å². The van der Waals surface area contributed by atoms with Crippen molar-refractivity contribution in [3.63, 3.8) is 0 Å². The molecule has 1 amide bonds. The second kappa shape index (κ2) is 18.7. The Balaban J connectivity index is 0.0000115. The lowest BCUT2D eigenvalue weighted by atomic mass is 10.0. The molecule has 48 heavy (non-hydrogen) atoms. The van der Waals surface area contributed by atoms with E-state index in [2.05, 4.69) is 37.2 Å². The predicted octanol–water partition coefficient (Wildman–Crippen LogP) is 5.54. The summed E-state index contributed by atoms with van der Waals surface area (Å²) in [5.74, 6) is -1.61. The van der Waals surface area contributed by atoms with Crippen molar-refractivity contribution in [3.8, 4) is 0 Å². The Hall–Kier alpha value is -2.17. The van der Waals surface area contributed by atoms with Crippen molar-refractivity contribution in [3.05, 3.63) is 71.8 Å². The molecule has 0 radical (unpaired) electrons. The Kier molecular flexibility index (Phi) is 17.1. The number of rotatable bonds is 16. The summed E-state index contributed by atoms with van der Waals surface area (Å²) in [5.41, 5.74) is 6.86. The number of nitrogens with one attached hydrogen (secondary N) is 1. The second-order valence-electron chi connectivity index (χ2n) is 13.6. The Labute approximate surface area is 309 Å². The molecule has 0 bridgehead atoms. The van der Waals surface area contributed by atoms with Crippen molar-refractivity contribution < 1.29 is 46.3 Å². The van der Waals surface area contributed by atoms with E-state index in [1.165, 1.54) is 14.1 Å². The Bertz CT molecular complexity index is 1320. The van der Waals surface area contributed by atoms with Gasteiger partial charge in [0.2, 0.25) is 19.6 Å². The molecule has 10 nitrogen and oxygen atoms in total. The van der Waals surface area contributed by atoms with Crippen molar-refractivity contribution in [1.82, 2.24) is 5.32 Å². The van der Waals surface area contributed by atoms with E-state index >= 15 is 0 Å². The van der Waals surface area contributed by atoms with Crippen LogP contribution >= 0.6 is 48.8 Å². The molecule has 0 saturated heterocycles. The largest absolute Gasteiger partial charge is 0.458 e. The molecule has 0 aliphatic heterocycles. The summed E-state index contributed by atoms with van der Waals surface area (Å²) in [5, 5.41) is 2.58. The first-order valence-corrected chi connectivity index (χ1v) is 16.7. The lowest BCUT2D eigenvalue weighted by Crippen LogP contribution is -2.71. The number of hydrogen-bond donors (Lipinski definition) is 2. The van der Waals surface area contributed by atoms with Crippen molar-refractivity contribution >= 4 is 66.9 Å². The Morgan fingerprint density at radius 1 is 0.812 bits per heavy atom. The molecule has 15 heteroatoms. The van der Waals surface area contributed by atoms with Gasteiger partial charge in [-0.1, -0.05) is 60.7 Å². The van der Waals surface area contributed by atoms with Crippen LogP contribution in [0.5, 0.6) is 0 Å². The van der Waals surface area contributed by atoms with Gasteiger partial charge < -0.3 is 25.3 Å². The number of ether oxygens (including phenoxy) is 3. The summed E-state index contributed by atoms with van der Waals surface area (Å²) in [7, 11) is 6.16. The van der Waals surface area contributed by atoms with Crippen LogP contribution in [0, 0.1) is 0 Å². The SMILES string of the molecule is Br.CC(C)(C)OC(=O)N[C@@H](Cc1ccccc1)C(=O)OC(Br)(Br)C(C(COC(=O)[C@@H](N)Cc1ccccc1)[N+](C)(C)CF)[N+](C)(C)CF. The highest BCUT2D eigenvalue weighted by Gasteiger charge is 2.59. The molecule has 0 aliphatic carbocycles. The molecule has 0 heterocycles. The molecule has 0 saturated carbocycles. The monoisotopic (exact) mass is 872 g/mol. The number of alkyl halides is 4. The second-order valence-corrected chi connectivity index (χ2v) is 17.0. The van der Waals surface area contributed by atoms with Gasteiger partial charge >= 0.3 is 18.0 Å². The first-order chi connectivity index (χ1) is 21.7. The van der Waals surface area contributed by atoms with Gasteiger partial charge in [-0.2, -0.15) is 8.78 Å². The van der Waals surface area contributed by atoms with E-state index in [1.54, 1.807) is 59.1 Å². The highest BCUT2D eigenvalue weighted by atomic mass is 79.9. The number of esters is 2. The van der Waals surface area contributed by atoms with E-state index < -0.39 is 73.8 Å². The zero-order chi connectivity index (χ0) is 35.6. The highest BCUT2D eigenvalue weighted by molar-refractivity contribution is 9.25. The quantitative estimate of drug-likeness (QED) is 0.0749. The third-order valence-electron chi connectivity index (χ3n) is 7.47. The molecule has 2 unspecified atom stereocenters. The molecule has 2 aromatic carbocycles. The molecule has 3 N–H and O–H groups in total. The molecule has 0 fully saturated rings. The molecular weight excluding hydrogens is 826 g/mol. The van der Waals surface area contributed by atoms with Crippen molar-refractivity contribution in [1.29, 1.82) is 0 Å². The van der Waals surface area contributed by atoms with E-state index in [-0.39, 0.29) is 36.4 Å². The number of hydrogen-bond acceptors (Lipinski definition) is 7. The predicted molar refractivity (Wildman–Crippen MR) is 193 cm³/mol. The normalized spacial score (nSPS) is 14.8. The van der Waals surface area contributed by atoms with Crippen molar-refractivity contribution in [2.45, 2.75) is 66.8 Å². The fourth-order valence-electron chi connectivity index (χ4n) is 4.92. The zero-order valence-corrected chi connectivity index (χ0v) is 33.3. The highest BCUT2D eigenvalue weighted by Crippen LogP contribution is 2.41. The molecule has 0 aromatic heterocycles. The fraction of sp³-hybridized carbons (Fsp3) is 0.545. The smallest absolute Gasteiger partial charge is 0.408 e. The van der Waals surface area contributed by atoms with Crippen LogP contribution in [0.3, 0.4) is 0 Å². The van der Waals surface area contributed by atoms with Gasteiger partial charge in [0, 0.05) is 6.42 Å². The van der Waals surface area contributed by atoms with E-state index in [1.807, 2.05) is 36.4 Å². The van der Waals surface area contributed by atoms with E-state index in [9.17, 15) is 23.2 Å². The van der Waals surface area contributed by atoms with Gasteiger partial charge in [0.05, 0.1) is 28.2 Å². The van der Waals surface area contributed by atoms with Crippen LogP contribution in [-0.4, -0.2) is 109 Å². The minimum Gasteiger partial charge on any atom is -0.458 e. The molecule has 0 spiro atoms. The molecule has 2 rings (SSSR count). The maximum absolute atomic E-state index is 14.8. The number of halogens is 5. The third-order valence-corrected chi connectivity index (χ3v) is 8.73. The number of amides is 1. The summed E-state index contributed by atoms with van der Waals surface area (Å²) < 4.78 is 43.7. The first kappa shape index (κ1) is 43.9. The van der Waals surface area contributed by atoms with Crippen LogP contribution in [0.15, 0.2) is 60.7 Å². The first-order valence-electron chi connectivity index (χ1n) is 15.1. The molecule has 4 atom stereocenters. The number of quaternary nitrogens is 2. The van der Waals surface area contributed by atoms with E-state index in [0.29, 0.717) is 0 Å². The number of nitrogens with zero attached hydrogens (tertiary/aromatic N) is 2. The van der Waals surface area contributed by atoms with Gasteiger partial charge in [0.15, 0.2) is 6.04 Å². The maximum Gasteiger partial charge on any atom is 0.408 e. The topological polar surface area (TPSA) is 117 Å². The van der Waals surface area contributed by atoms with Crippen LogP contribution in [0.1, 0.15) is 31.9 Å². The lowest BCUT2D eigenvalue weighted by Gasteiger charge is -2.48. The maximum atomic E-state index is 14.8. The Morgan fingerprint density at radius 2 is 1.29 bits per heavy atom. The summed E-state index contributed by atoms with van der Waals surface area (Å²) in [4.78, 5) is 39.6. The molecular formula is C33H49Br3F2N4O6+2. The van der Waals surface area contributed by atoms with E-state index in [0.717, 1.165) is 11.1 Å². The summed E-state index contributed by atoms with van der Waals surface area (Å²) in [6.45, 7) is 2.79. The van der Waals surface area contributed by atoms with Gasteiger partial charge in [-0.25, -0.2) is 9.59 Å². The lowest BCUT2D eigenvalue weighted by molar-refractivity contribution is -0.994. The number of benzene rings is 2. The average Bonchev–Trinajstić information content (AvgIpc) is 2.98. The van der Waals surface area contributed by atoms with Crippen LogP contribution in [-0.2, 0) is 36.6 Å². The minimum atomic E-state index is -1.84. The van der Waals surface area contributed by atoms with Crippen molar-refractivity contribution in [2.24, 2.45) is 5.73 Å². The summed E-state index contributed by atoms with van der Waals surface area (Å²) in [6.07, 6.45) is -0.575. The number of alkyl carbamates (subject to hydrolysis) is 1. The van der Waals surface area contributed by atoms with Crippen LogP contribution in [0.4, 0.5) is 13.6 Å². The van der Waals surface area contributed by atoms with E-state index in [4.69, 9.17) is 19.9 Å². The van der Waals surface area contributed by atoms with Gasteiger partial charge in [-0.15, -0.1) is 17.0 Å². The minimum absolute atomic E-state index is 0. The molecule has 2 aromatic rings. The average molecular weight is 875 g/mol.